The summed E-state index contributed by atoms with van der Waals surface area (Å²) in [5, 5.41) is 24.2. The number of aromatic nitrogens is 2. The number of aliphatic carboxylic acids is 1. The Kier molecular flexibility index (Phi) is 15.4. The predicted molar refractivity (Wildman–Crippen MR) is 247 cm³/mol. The van der Waals surface area contributed by atoms with Crippen LogP contribution < -0.4 is 30.7 Å². The number of fused-ring (bicyclic) bond motifs is 2. The van der Waals surface area contributed by atoms with Crippen molar-refractivity contribution < 1.29 is 29.0 Å². The number of carbonyl (C=O) groups is 3. The van der Waals surface area contributed by atoms with Gasteiger partial charge in [-0.1, -0.05) is 42.5 Å². The second-order valence-electron chi connectivity index (χ2n) is 17.7. The fraction of sp³-hybridized carbons (Fsp3) is 0.500. The SMILES string of the molecule is COc1ccccc1[C@@H](C(=O)Oc1cccc([C@@H](C(=O)O)N2CC[C@@H](NCCCCc3ccc4c(n3)NCCC4)C2)c1)N1CCC(NC(=O)CCCc2ccc3c(n2)NCCC3)CC1. The summed E-state index contributed by atoms with van der Waals surface area (Å²) in [6.45, 7) is 5.15. The molecule has 2 aromatic heterocycles. The number of likely N-dealkylation sites (tertiary alicyclic amines) is 2. The Morgan fingerprint density at radius 2 is 1.45 bits per heavy atom. The summed E-state index contributed by atoms with van der Waals surface area (Å²) < 4.78 is 11.9. The molecule has 1 amide bonds. The first-order chi connectivity index (χ1) is 31.3. The van der Waals surface area contributed by atoms with Gasteiger partial charge >= 0.3 is 11.9 Å². The summed E-state index contributed by atoms with van der Waals surface area (Å²) >= 11 is 0. The Bertz CT molecular complexity index is 2230. The van der Waals surface area contributed by atoms with Crippen LogP contribution in [-0.2, 0) is 40.1 Å². The zero-order valence-electron chi connectivity index (χ0n) is 37.2. The number of carboxylic acids is 1. The smallest absolute Gasteiger partial charge is 0.333 e. The van der Waals surface area contributed by atoms with Gasteiger partial charge in [-0.05, 0) is 131 Å². The third kappa shape index (κ3) is 11.6. The molecule has 4 aliphatic heterocycles. The Balaban J connectivity index is 0.832. The van der Waals surface area contributed by atoms with Crippen molar-refractivity contribution >= 4 is 29.5 Å². The number of carbonyl (C=O) groups excluding carboxylic acids is 2. The maximum atomic E-state index is 14.3. The van der Waals surface area contributed by atoms with Gasteiger partial charge in [0.15, 0.2) is 0 Å². The first-order valence-corrected chi connectivity index (χ1v) is 23.4. The summed E-state index contributed by atoms with van der Waals surface area (Å²) in [5.74, 6) is 1.48. The summed E-state index contributed by atoms with van der Waals surface area (Å²) in [7, 11) is 1.59. The molecule has 5 N–H and O–H groups in total. The number of methoxy groups -OCH3 is 1. The molecule has 14 heteroatoms. The average molecular weight is 873 g/mol. The first-order valence-electron chi connectivity index (χ1n) is 23.4. The number of amides is 1. The Hall–Kier alpha value is -5.57. The third-order valence-electron chi connectivity index (χ3n) is 13.2. The largest absolute Gasteiger partial charge is 0.496 e. The molecule has 4 aromatic rings. The van der Waals surface area contributed by atoms with Gasteiger partial charge in [-0.3, -0.25) is 19.4 Å². The number of pyridine rings is 2. The van der Waals surface area contributed by atoms with E-state index in [1.54, 1.807) is 31.4 Å². The zero-order valence-corrected chi connectivity index (χ0v) is 37.2. The van der Waals surface area contributed by atoms with E-state index in [2.05, 4.69) is 50.4 Å². The van der Waals surface area contributed by atoms with Gasteiger partial charge in [0.05, 0.1) is 7.11 Å². The highest BCUT2D eigenvalue weighted by atomic mass is 16.5. The van der Waals surface area contributed by atoms with Crippen LogP contribution in [0.4, 0.5) is 11.6 Å². The highest BCUT2D eigenvalue weighted by Gasteiger charge is 2.36. The van der Waals surface area contributed by atoms with E-state index in [0.29, 0.717) is 62.3 Å². The minimum Gasteiger partial charge on any atom is -0.496 e. The van der Waals surface area contributed by atoms with E-state index in [1.807, 2.05) is 29.2 Å². The quantitative estimate of drug-likeness (QED) is 0.0407. The zero-order chi connectivity index (χ0) is 44.3. The lowest BCUT2D eigenvalue weighted by Gasteiger charge is -2.37. The van der Waals surface area contributed by atoms with Gasteiger partial charge < -0.3 is 35.8 Å². The van der Waals surface area contributed by atoms with Gasteiger partial charge in [0.25, 0.3) is 0 Å². The number of hydrogen-bond acceptors (Lipinski definition) is 12. The van der Waals surface area contributed by atoms with Crippen LogP contribution in [0.25, 0.3) is 0 Å². The van der Waals surface area contributed by atoms with Crippen LogP contribution in [0.15, 0.2) is 72.8 Å². The molecule has 0 aliphatic carbocycles. The molecule has 0 bridgehead atoms. The molecular weight excluding hydrogens is 809 g/mol. The Labute approximate surface area is 376 Å². The molecule has 64 heavy (non-hydrogen) atoms. The highest BCUT2D eigenvalue weighted by Crippen LogP contribution is 2.34. The van der Waals surface area contributed by atoms with Crippen LogP contribution in [0.5, 0.6) is 11.5 Å². The number of rotatable bonds is 19. The van der Waals surface area contributed by atoms with Gasteiger partial charge in [-0.2, -0.15) is 0 Å². The van der Waals surface area contributed by atoms with E-state index < -0.39 is 24.0 Å². The molecule has 2 saturated heterocycles. The maximum Gasteiger partial charge on any atom is 0.333 e. The predicted octanol–water partition coefficient (Wildman–Crippen LogP) is 6.26. The van der Waals surface area contributed by atoms with Gasteiger partial charge in [-0.15, -0.1) is 0 Å². The van der Waals surface area contributed by atoms with Gasteiger partial charge in [0.2, 0.25) is 5.91 Å². The number of hydrogen-bond donors (Lipinski definition) is 5. The van der Waals surface area contributed by atoms with Crippen molar-refractivity contribution in [2.45, 2.75) is 108 Å². The van der Waals surface area contributed by atoms with Gasteiger partial charge in [0, 0.05) is 74.7 Å². The topological polar surface area (TPSA) is 170 Å². The van der Waals surface area contributed by atoms with Crippen LogP contribution in [-0.4, -0.2) is 108 Å². The maximum absolute atomic E-state index is 14.3. The number of aryl methyl sites for hydroxylation is 4. The van der Waals surface area contributed by atoms with Crippen LogP contribution in [0, 0.1) is 0 Å². The van der Waals surface area contributed by atoms with Crippen LogP contribution in [0.2, 0.25) is 0 Å². The molecule has 2 fully saturated rings. The van der Waals surface area contributed by atoms with Gasteiger partial charge in [-0.25, -0.2) is 14.8 Å². The van der Waals surface area contributed by atoms with E-state index in [-0.39, 0.29) is 23.7 Å². The standard InChI is InChI=1S/C50H64N8O6/c1-63-43-17-3-2-16-42(43)46(57-29-23-39(24-30-57)54-44(59)18-7-14-38-22-20-35-12-9-28-53-48(35)56-38)50(62)64-41-15-6-10-36(32-41)45(49(60)61)58-31-25-40(33-58)51-26-5-4-13-37-21-19-34-11-8-27-52-47(34)55-37/h2-3,6,10,15-17,19-22,32,39-40,45-46,51H,4-5,7-9,11-14,18,23-31,33H2,1H3,(H,52,55)(H,53,56)(H,54,59)(H,60,61)/t40-,45+,46+/m1/s1. The Morgan fingerprint density at radius 1 is 0.781 bits per heavy atom. The molecule has 2 aromatic carbocycles. The van der Waals surface area contributed by atoms with Crippen molar-refractivity contribution in [3.63, 3.8) is 0 Å². The molecular formula is C50H64N8O6. The first kappa shape index (κ1) is 45.0. The lowest BCUT2D eigenvalue weighted by atomic mass is 9.98. The molecule has 6 heterocycles. The lowest BCUT2D eigenvalue weighted by Crippen LogP contribution is -2.47. The number of nitrogens with one attached hydrogen (secondary N) is 4. The lowest BCUT2D eigenvalue weighted by molar-refractivity contribution is -0.143. The third-order valence-corrected chi connectivity index (χ3v) is 13.2. The normalized spacial score (nSPS) is 18.7. The average Bonchev–Trinajstić information content (AvgIpc) is 3.77. The molecule has 8 rings (SSSR count). The summed E-state index contributed by atoms with van der Waals surface area (Å²) in [6, 6.07) is 21.5. The number of benzene rings is 2. The van der Waals surface area contributed by atoms with Crippen LogP contribution >= 0.6 is 0 Å². The fourth-order valence-electron chi connectivity index (χ4n) is 9.77. The van der Waals surface area contributed by atoms with Crippen molar-refractivity contribution in [3.05, 3.63) is 106 Å². The molecule has 14 nitrogen and oxygen atoms in total. The highest BCUT2D eigenvalue weighted by molar-refractivity contribution is 5.81. The number of unbranched alkanes of at least 4 members (excludes halogenated alkanes) is 1. The Morgan fingerprint density at radius 3 is 2.16 bits per heavy atom. The minimum absolute atomic E-state index is 0.00510. The van der Waals surface area contributed by atoms with Crippen molar-refractivity contribution in [2.24, 2.45) is 0 Å². The van der Waals surface area contributed by atoms with E-state index >= 15 is 0 Å². The van der Waals surface area contributed by atoms with Crippen molar-refractivity contribution in [3.8, 4) is 11.5 Å². The number of piperidine rings is 1. The number of esters is 1. The fourth-order valence-corrected chi connectivity index (χ4v) is 9.77. The second kappa shape index (κ2) is 21.9. The molecule has 3 atom stereocenters. The molecule has 340 valence electrons. The van der Waals surface area contributed by atoms with E-state index in [4.69, 9.17) is 19.4 Å². The molecule has 4 aliphatic rings. The number of para-hydroxylation sites is 1. The molecule has 0 unspecified atom stereocenters. The summed E-state index contributed by atoms with van der Waals surface area (Å²) in [6.07, 6.45) is 11.5. The monoisotopic (exact) mass is 872 g/mol. The minimum atomic E-state index is -0.943. The van der Waals surface area contributed by atoms with Crippen molar-refractivity contribution in [1.82, 2.24) is 30.4 Å². The molecule has 0 spiro atoms. The molecule has 0 radical (unpaired) electrons. The number of carboxylic acid groups (broad SMARTS) is 1. The molecule has 0 saturated carbocycles. The summed E-state index contributed by atoms with van der Waals surface area (Å²) in [4.78, 5) is 53.8. The number of nitrogens with zero attached hydrogens (tertiary/aromatic N) is 4. The number of ether oxygens (including phenoxy) is 2. The second-order valence-corrected chi connectivity index (χ2v) is 17.7. The van der Waals surface area contributed by atoms with Gasteiger partial charge in [0.1, 0.15) is 35.2 Å². The van der Waals surface area contributed by atoms with E-state index in [1.165, 1.54) is 11.1 Å². The number of anilines is 2. The van der Waals surface area contributed by atoms with Crippen molar-refractivity contribution in [1.29, 1.82) is 0 Å². The summed E-state index contributed by atoms with van der Waals surface area (Å²) in [5.41, 5.74) is 5.93. The van der Waals surface area contributed by atoms with E-state index in [9.17, 15) is 19.5 Å². The van der Waals surface area contributed by atoms with Crippen molar-refractivity contribution in [2.75, 3.05) is 63.6 Å². The van der Waals surface area contributed by atoms with E-state index in [0.717, 1.165) is 107 Å². The van der Waals surface area contributed by atoms with Crippen LogP contribution in [0.1, 0.15) is 104 Å². The van der Waals surface area contributed by atoms with Crippen LogP contribution in [0.3, 0.4) is 0 Å².